The quantitative estimate of drug-likeness (QED) is 0.755. The van der Waals surface area contributed by atoms with E-state index in [1.807, 2.05) is 11.8 Å². The lowest BCUT2D eigenvalue weighted by molar-refractivity contribution is -0.137. The first-order valence-corrected chi connectivity index (χ1v) is 7.00. The molecule has 1 saturated heterocycles. The van der Waals surface area contributed by atoms with Gasteiger partial charge in [0.2, 0.25) is 0 Å². The Morgan fingerprint density at radius 1 is 1.32 bits per heavy atom. The molecule has 0 saturated carbocycles. The van der Waals surface area contributed by atoms with Crippen LogP contribution in [0.1, 0.15) is 32.6 Å². The standard InChI is InChI=1S/C13H25N3O3/c1-3-16(11-6-8-14-9-7-11)13(19)15(2)10-4-5-12(17)18/h11,14H,3-10H2,1-2H3,(H,17,18). The first-order chi connectivity index (χ1) is 9.06. The molecule has 2 N–H and O–H groups in total. The SMILES string of the molecule is CCN(C(=O)N(C)CCCC(=O)O)C1CCNCC1. The molecule has 0 bridgehead atoms. The number of hydrogen-bond donors (Lipinski definition) is 2. The topological polar surface area (TPSA) is 72.9 Å². The molecule has 0 aromatic heterocycles. The van der Waals surface area contributed by atoms with Crippen molar-refractivity contribution < 1.29 is 14.7 Å². The average Bonchev–Trinajstić information content (AvgIpc) is 2.40. The number of aliphatic carboxylic acids is 1. The van der Waals surface area contributed by atoms with Crippen molar-refractivity contribution in [2.24, 2.45) is 0 Å². The zero-order valence-electron chi connectivity index (χ0n) is 11.9. The summed E-state index contributed by atoms with van der Waals surface area (Å²) in [7, 11) is 1.74. The minimum atomic E-state index is -0.813. The fourth-order valence-corrected chi connectivity index (χ4v) is 2.45. The van der Waals surface area contributed by atoms with E-state index in [1.165, 1.54) is 0 Å². The van der Waals surface area contributed by atoms with Gasteiger partial charge >= 0.3 is 12.0 Å². The van der Waals surface area contributed by atoms with Gasteiger partial charge in [0, 0.05) is 32.6 Å². The maximum absolute atomic E-state index is 12.3. The molecule has 6 heteroatoms. The molecule has 0 unspecified atom stereocenters. The zero-order chi connectivity index (χ0) is 14.3. The Balaban J connectivity index is 2.44. The average molecular weight is 271 g/mol. The highest BCUT2D eigenvalue weighted by atomic mass is 16.4. The van der Waals surface area contributed by atoms with E-state index in [-0.39, 0.29) is 12.5 Å². The van der Waals surface area contributed by atoms with Gasteiger partial charge in [-0.3, -0.25) is 4.79 Å². The summed E-state index contributed by atoms with van der Waals surface area (Å²) in [5, 5.41) is 11.9. The van der Waals surface area contributed by atoms with Crippen molar-refractivity contribution in [1.29, 1.82) is 0 Å². The molecule has 110 valence electrons. The summed E-state index contributed by atoms with van der Waals surface area (Å²) < 4.78 is 0. The summed E-state index contributed by atoms with van der Waals surface area (Å²) in [6.45, 7) is 5.10. The summed E-state index contributed by atoms with van der Waals surface area (Å²) in [5.74, 6) is -0.813. The monoisotopic (exact) mass is 271 g/mol. The van der Waals surface area contributed by atoms with Crippen LogP contribution in [-0.2, 0) is 4.79 Å². The Morgan fingerprint density at radius 3 is 2.47 bits per heavy atom. The van der Waals surface area contributed by atoms with Crippen LogP contribution in [0.3, 0.4) is 0 Å². The van der Waals surface area contributed by atoms with Crippen molar-refractivity contribution in [2.45, 2.75) is 38.6 Å². The Morgan fingerprint density at radius 2 is 1.95 bits per heavy atom. The predicted octanol–water partition coefficient (Wildman–Crippen LogP) is 0.977. The van der Waals surface area contributed by atoms with Crippen LogP contribution in [0.25, 0.3) is 0 Å². The molecule has 0 radical (unpaired) electrons. The number of carboxylic acids is 1. The fourth-order valence-electron chi connectivity index (χ4n) is 2.45. The van der Waals surface area contributed by atoms with Gasteiger partial charge in [0.15, 0.2) is 0 Å². The molecule has 1 fully saturated rings. The van der Waals surface area contributed by atoms with Gasteiger partial charge in [-0.25, -0.2) is 4.79 Å². The minimum Gasteiger partial charge on any atom is -0.481 e. The number of rotatable bonds is 6. The smallest absolute Gasteiger partial charge is 0.319 e. The first-order valence-electron chi connectivity index (χ1n) is 7.00. The van der Waals surface area contributed by atoms with E-state index in [0.29, 0.717) is 25.6 Å². The van der Waals surface area contributed by atoms with E-state index in [0.717, 1.165) is 25.9 Å². The molecule has 1 aliphatic heterocycles. The van der Waals surface area contributed by atoms with E-state index < -0.39 is 5.97 Å². The van der Waals surface area contributed by atoms with Crippen molar-refractivity contribution >= 4 is 12.0 Å². The number of carbonyl (C=O) groups is 2. The van der Waals surface area contributed by atoms with Crippen molar-refractivity contribution in [3.05, 3.63) is 0 Å². The largest absolute Gasteiger partial charge is 0.481 e. The van der Waals surface area contributed by atoms with Gasteiger partial charge in [0.25, 0.3) is 0 Å². The molecule has 1 aliphatic rings. The number of amides is 2. The van der Waals surface area contributed by atoms with Crippen LogP contribution < -0.4 is 5.32 Å². The second-order valence-corrected chi connectivity index (χ2v) is 4.97. The second-order valence-electron chi connectivity index (χ2n) is 4.97. The fraction of sp³-hybridized carbons (Fsp3) is 0.846. The van der Waals surface area contributed by atoms with Crippen molar-refractivity contribution in [2.75, 3.05) is 33.2 Å². The van der Waals surface area contributed by atoms with Crippen LogP contribution in [0.5, 0.6) is 0 Å². The molecule has 0 aromatic rings. The van der Waals surface area contributed by atoms with Crippen LogP contribution in [0.15, 0.2) is 0 Å². The molecule has 19 heavy (non-hydrogen) atoms. The van der Waals surface area contributed by atoms with Crippen LogP contribution >= 0.6 is 0 Å². The van der Waals surface area contributed by atoms with Crippen LogP contribution in [0.2, 0.25) is 0 Å². The lowest BCUT2D eigenvalue weighted by atomic mass is 10.1. The second kappa shape index (κ2) is 7.99. The number of urea groups is 1. The van der Waals surface area contributed by atoms with E-state index in [9.17, 15) is 9.59 Å². The molecular weight excluding hydrogens is 246 g/mol. The van der Waals surface area contributed by atoms with Gasteiger partial charge in [-0.15, -0.1) is 0 Å². The first kappa shape index (κ1) is 15.8. The molecule has 2 amide bonds. The van der Waals surface area contributed by atoms with Gasteiger partial charge in [-0.2, -0.15) is 0 Å². The third kappa shape index (κ3) is 5.06. The van der Waals surface area contributed by atoms with Gasteiger partial charge < -0.3 is 20.2 Å². The zero-order valence-corrected chi connectivity index (χ0v) is 11.9. The summed E-state index contributed by atoms with van der Waals surface area (Å²) in [5.41, 5.74) is 0. The summed E-state index contributed by atoms with van der Waals surface area (Å²) >= 11 is 0. The Labute approximate surface area is 114 Å². The number of nitrogens with zero attached hydrogens (tertiary/aromatic N) is 2. The summed E-state index contributed by atoms with van der Waals surface area (Å²) in [6, 6.07) is 0.320. The van der Waals surface area contributed by atoms with E-state index in [1.54, 1.807) is 11.9 Å². The maximum Gasteiger partial charge on any atom is 0.319 e. The van der Waals surface area contributed by atoms with Crippen LogP contribution in [-0.4, -0.2) is 66.2 Å². The highest BCUT2D eigenvalue weighted by molar-refractivity contribution is 5.74. The molecule has 1 rings (SSSR count). The van der Waals surface area contributed by atoms with Gasteiger partial charge in [0.05, 0.1) is 0 Å². The number of carboxylic acid groups (broad SMARTS) is 1. The Kier molecular flexibility index (Phi) is 6.62. The minimum absolute atomic E-state index is 0.0137. The Hall–Kier alpha value is -1.30. The maximum atomic E-state index is 12.3. The molecule has 0 spiro atoms. The lowest BCUT2D eigenvalue weighted by Gasteiger charge is -2.36. The normalized spacial score (nSPS) is 16.1. The van der Waals surface area contributed by atoms with E-state index >= 15 is 0 Å². The molecular formula is C13H25N3O3. The Bertz CT molecular complexity index is 304. The van der Waals surface area contributed by atoms with Gasteiger partial charge in [-0.1, -0.05) is 0 Å². The highest BCUT2D eigenvalue weighted by Gasteiger charge is 2.25. The summed E-state index contributed by atoms with van der Waals surface area (Å²) in [6.07, 6.45) is 2.59. The van der Waals surface area contributed by atoms with E-state index in [2.05, 4.69) is 5.32 Å². The molecule has 6 nitrogen and oxygen atoms in total. The van der Waals surface area contributed by atoms with Gasteiger partial charge in [0.1, 0.15) is 0 Å². The number of nitrogens with one attached hydrogen (secondary N) is 1. The third-order valence-corrected chi connectivity index (χ3v) is 3.55. The van der Waals surface area contributed by atoms with Crippen LogP contribution in [0, 0.1) is 0 Å². The molecule has 0 aromatic carbocycles. The number of piperidine rings is 1. The molecule has 0 aliphatic carbocycles. The van der Waals surface area contributed by atoms with Crippen LogP contribution in [0.4, 0.5) is 4.79 Å². The van der Waals surface area contributed by atoms with Crippen molar-refractivity contribution in [3.63, 3.8) is 0 Å². The molecule has 1 heterocycles. The lowest BCUT2D eigenvalue weighted by Crippen LogP contribution is -2.50. The third-order valence-electron chi connectivity index (χ3n) is 3.55. The number of carbonyl (C=O) groups excluding carboxylic acids is 1. The predicted molar refractivity (Wildman–Crippen MR) is 73.2 cm³/mol. The summed E-state index contributed by atoms with van der Waals surface area (Å²) in [4.78, 5) is 26.3. The van der Waals surface area contributed by atoms with Gasteiger partial charge in [-0.05, 0) is 39.3 Å². The number of hydrogen-bond acceptors (Lipinski definition) is 3. The van der Waals surface area contributed by atoms with Crippen molar-refractivity contribution in [1.82, 2.24) is 15.1 Å². The van der Waals surface area contributed by atoms with E-state index in [4.69, 9.17) is 5.11 Å². The molecule has 0 atom stereocenters. The van der Waals surface area contributed by atoms with Crippen molar-refractivity contribution in [3.8, 4) is 0 Å². The highest BCUT2D eigenvalue weighted by Crippen LogP contribution is 2.13.